The molecule has 2 unspecified atom stereocenters. The summed E-state index contributed by atoms with van der Waals surface area (Å²) >= 11 is 0. The first-order valence-electron chi connectivity index (χ1n) is 7.21. The molecule has 2 bridgehead atoms. The minimum atomic E-state index is -0.336. The third-order valence-corrected chi connectivity index (χ3v) is 4.50. The SMILES string of the molecule is Cn1c(=O)oc2cc(OC3CC4CCC(C3)N4)ccc21. The maximum absolute atomic E-state index is 11.5. The van der Waals surface area contributed by atoms with Gasteiger partial charge in [0.05, 0.1) is 5.52 Å². The van der Waals surface area contributed by atoms with E-state index in [4.69, 9.17) is 9.15 Å². The Hall–Kier alpha value is -1.75. The molecule has 20 heavy (non-hydrogen) atoms. The minimum Gasteiger partial charge on any atom is -0.490 e. The first kappa shape index (κ1) is 12.0. The molecule has 0 spiro atoms. The van der Waals surface area contributed by atoms with Crippen LogP contribution in [0.2, 0.25) is 0 Å². The Morgan fingerprint density at radius 2 is 2.05 bits per heavy atom. The molecule has 2 aliphatic rings. The molecule has 0 radical (unpaired) electrons. The number of piperidine rings is 1. The number of ether oxygens (including phenoxy) is 1. The Morgan fingerprint density at radius 1 is 1.30 bits per heavy atom. The second-order valence-corrected chi connectivity index (χ2v) is 5.91. The molecule has 0 saturated carbocycles. The standard InChI is InChI=1S/C15H18N2O3/c1-17-13-5-4-11(8-14(13)20-15(17)18)19-12-6-9-2-3-10(7-12)16-9/h4-5,8-10,12,16H,2-3,6-7H2,1H3. The van der Waals surface area contributed by atoms with Crippen LogP contribution in [0, 0.1) is 0 Å². The van der Waals surface area contributed by atoms with Crippen LogP contribution in [0.25, 0.3) is 11.1 Å². The van der Waals surface area contributed by atoms with Gasteiger partial charge in [-0.2, -0.15) is 0 Å². The quantitative estimate of drug-likeness (QED) is 0.907. The lowest BCUT2D eigenvalue weighted by molar-refractivity contribution is 0.137. The van der Waals surface area contributed by atoms with Gasteiger partial charge in [-0.3, -0.25) is 4.57 Å². The number of oxazole rings is 1. The van der Waals surface area contributed by atoms with Crippen LogP contribution < -0.4 is 15.8 Å². The Morgan fingerprint density at radius 3 is 2.80 bits per heavy atom. The zero-order valence-electron chi connectivity index (χ0n) is 11.5. The van der Waals surface area contributed by atoms with Gasteiger partial charge >= 0.3 is 5.76 Å². The number of hydrogen-bond acceptors (Lipinski definition) is 4. The lowest BCUT2D eigenvalue weighted by Crippen LogP contribution is -2.42. The summed E-state index contributed by atoms with van der Waals surface area (Å²) in [7, 11) is 1.71. The third-order valence-electron chi connectivity index (χ3n) is 4.50. The second-order valence-electron chi connectivity index (χ2n) is 5.91. The molecule has 2 atom stereocenters. The molecule has 1 N–H and O–H groups in total. The van der Waals surface area contributed by atoms with Gasteiger partial charge in [0.1, 0.15) is 11.9 Å². The fourth-order valence-electron chi connectivity index (χ4n) is 3.48. The van der Waals surface area contributed by atoms with E-state index in [1.165, 1.54) is 17.4 Å². The van der Waals surface area contributed by atoms with Crippen molar-refractivity contribution in [1.29, 1.82) is 0 Å². The maximum atomic E-state index is 11.5. The van der Waals surface area contributed by atoms with Crippen LogP contribution in [0.4, 0.5) is 0 Å². The fraction of sp³-hybridized carbons (Fsp3) is 0.533. The van der Waals surface area contributed by atoms with E-state index in [2.05, 4.69) is 5.32 Å². The van der Waals surface area contributed by atoms with Gasteiger partial charge in [-0.05, 0) is 37.8 Å². The zero-order valence-corrected chi connectivity index (χ0v) is 11.5. The van der Waals surface area contributed by atoms with Crippen molar-refractivity contribution in [1.82, 2.24) is 9.88 Å². The maximum Gasteiger partial charge on any atom is 0.419 e. The summed E-state index contributed by atoms with van der Waals surface area (Å²) in [6.45, 7) is 0. The summed E-state index contributed by atoms with van der Waals surface area (Å²) in [4.78, 5) is 11.5. The Balaban J connectivity index is 1.58. The summed E-state index contributed by atoms with van der Waals surface area (Å²) in [5.74, 6) is 0.454. The molecule has 2 saturated heterocycles. The molecule has 1 aromatic heterocycles. The third kappa shape index (κ3) is 1.93. The Kier molecular flexibility index (Phi) is 2.63. The molecule has 106 valence electrons. The van der Waals surface area contributed by atoms with Crippen LogP contribution in [-0.4, -0.2) is 22.8 Å². The highest BCUT2D eigenvalue weighted by atomic mass is 16.5. The number of aryl methyl sites for hydroxylation is 1. The number of hydrogen-bond donors (Lipinski definition) is 1. The molecule has 2 fully saturated rings. The summed E-state index contributed by atoms with van der Waals surface area (Å²) < 4.78 is 12.8. The van der Waals surface area contributed by atoms with Crippen LogP contribution in [0.5, 0.6) is 5.75 Å². The average Bonchev–Trinajstić information content (AvgIpc) is 2.90. The lowest BCUT2D eigenvalue weighted by Gasteiger charge is -2.29. The second kappa shape index (κ2) is 4.38. The van der Waals surface area contributed by atoms with Crippen LogP contribution in [0.15, 0.2) is 27.4 Å². The fourth-order valence-corrected chi connectivity index (χ4v) is 3.48. The van der Waals surface area contributed by atoms with Crippen molar-refractivity contribution in [2.75, 3.05) is 0 Å². The summed E-state index contributed by atoms with van der Waals surface area (Å²) in [6.07, 6.45) is 4.91. The first-order valence-corrected chi connectivity index (χ1v) is 7.21. The van der Waals surface area contributed by atoms with Crippen molar-refractivity contribution in [2.24, 2.45) is 7.05 Å². The van der Waals surface area contributed by atoms with Crippen LogP contribution in [0.3, 0.4) is 0 Å². The van der Waals surface area contributed by atoms with Crippen LogP contribution >= 0.6 is 0 Å². The molecule has 5 nitrogen and oxygen atoms in total. The summed E-state index contributed by atoms with van der Waals surface area (Å²) in [5.41, 5.74) is 1.39. The highest BCUT2D eigenvalue weighted by Gasteiger charge is 2.34. The molecule has 0 aliphatic carbocycles. The van der Waals surface area contributed by atoms with Crippen molar-refractivity contribution < 1.29 is 9.15 Å². The van der Waals surface area contributed by atoms with E-state index in [0.717, 1.165) is 24.1 Å². The van der Waals surface area contributed by atoms with Gasteiger partial charge in [0.25, 0.3) is 0 Å². The number of nitrogens with zero attached hydrogens (tertiary/aromatic N) is 1. The van der Waals surface area contributed by atoms with Crippen molar-refractivity contribution in [3.63, 3.8) is 0 Å². The predicted octanol–water partition coefficient (Wildman–Crippen LogP) is 1.79. The molecule has 1 aromatic carbocycles. The van der Waals surface area contributed by atoms with Crippen molar-refractivity contribution in [2.45, 2.75) is 43.9 Å². The van der Waals surface area contributed by atoms with Gasteiger partial charge < -0.3 is 14.5 Å². The first-order chi connectivity index (χ1) is 9.69. The van der Waals surface area contributed by atoms with Crippen LogP contribution in [0.1, 0.15) is 25.7 Å². The predicted molar refractivity (Wildman–Crippen MR) is 75.1 cm³/mol. The molecule has 0 amide bonds. The van der Waals surface area contributed by atoms with Gasteiger partial charge in [0.15, 0.2) is 5.58 Å². The number of fused-ring (bicyclic) bond motifs is 3. The smallest absolute Gasteiger partial charge is 0.419 e. The lowest BCUT2D eigenvalue weighted by atomic mass is 10.0. The zero-order chi connectivity index (χ0) is 13.7. The molecule has 2 aromatic rings. The van der Waals surface area contributed by atoms with Gasteiger partial charge in [0.2, 0.25) is 0 Å². The van der Waals surface area contributed by atoms with Gasteiger partial charge in [-0.1, -0.05) is 0 Å². The highest BCUT2D eigenvalue weighted by Crippen LogP contribution is 2.30. The summed E-state index contributed by atoms with van der Waals surface area (Å²) in [5, 5.41) is 3.60. The van der Waals surface area contributed by atoms with E-state index < -0.39 is 0 Å². The molecule has 3 heterocycles. The largest absolute Gasteiger partial charge is 0.490 e. The normalized spacial score (nSPS) is 28.9. The molecule has 2 aliphatic heterocycles. The minimum absolute atomic E-state index is 0.265. The van der Waals surface area contributed by atoms with Gasteiger partial charge in [0, 0.05) is 25.2 Å². The number of rotatable bonds is 2. The van der Waals surface area contributed by atoms with Gasteiger partial charge in [-0.15, -0.1) is 0 Å². The van der Waals surface area contributed by atoms with Gasteiger partial charge in [-0.25, -0.2) is 4.79 Å². The van der Waals surface area contributed by atoms with Crippen molar-refractivity contribution in [3.8, 4) is 5.75 Å². The number of nitrogens with one attached hydrogen (secondary N) is 1. The Bertz CT molecular complexity index is 691. The Labute approximate surface area is 116 Å². The molecular formula is C15H18N2O3. The number of benzene rings is 1. The highest BCUT2D eigenvalue weighted by molar-refractivity contribution is 5.74. The van der Waals surface area contributed by atoms with E-state index in [1.54, 1.807) is 7.05 Å². The van der Waals surface area contributed by atoms with Crippen molar-refractivity contribution >= 4 is 11.1 Å². The van der Waals surface area contributed by atoms with Crippen LogP contribution in [-0.2, 0) is 7.05 Å². The van der Waals surface area contributed by atoms with E-state index in [1.807, 2.05) is 18.2 Å². The monoisotopic (exact) mass is 274 g/mol. The van der Waals surface area contributed by atoms with E-state index in [-0.39, 0.29) is 11.9 Å². The molecule has 5 heteroatoms. The average molecular weight is 274 g/mol. The molecular weight excluding hydrogens is 256 g/mol. The summed E-state index contributed by atoms with van der Waals surface area (Å²) in [6, 6.07) is 6.84. The topological polar surface area (TPSA) is 56.4 Å². The van der Waals surface area contributed by atoms with Crippen molar-refractivity contribution in [3.05, 3.63) is 28.7 Å². The number of aromatic nitrogens is 1. The van der Waals surface area contributed by atoms with E-state index >= 15 is 0 Å². The van der Waals surface area contributed by atoms with E-state index in [0.29, 0.717) is 17.7 Å². The molecule has 4 rings (SSSR count). The van der Waals surface area contributed by atoms with E-state index in [9.17, 15) is 4.79 Å².